The van der Waals surface area contributed by atoms with E-state index in [4.69, 9.17) is 12.6 Å². The molecule has 1 aliphatic carbocycles. The molecule has 0 radical (unpaired) electrons. The Morgan fingerprint density at radius 2 is 1.33 bits per heavy atom. The molecule has 0 N–H and O–H groups in total. The van der Waals surface area contributed by atoms with E-state index in [1.807, 2.05) is 0 Å². The highest BCUT2D eigenvalue weighted by Crippen LogP contribution is 2.53. The van der Waals surface area contributed by atoms with Crippen LogP contribution in [0.25, 0.3) is 54.6 Å². The van der Waals surface area contributed by atoms with Crippen molar-refractivity contribution >= 4 is 44.9 Å². The summed E-state index contributed by atoms with van der Waals surface area (Å²) < 4.78 is 0. The van der Waals surface area contributed by atoms with Gasteiger partial charge in [-0.3, -0.25) is 0 Å². The number of benzene rings is 6. The lowest BCUT2D eigenvalue weighted by Gasteiger charge is -2.31. The average Bonchev–Trinajstić information content (AvgIpc) is 3.23. The van der Waals surface area contributed by atoms with E-state index in [9.17, 15) is 0 Å². The fourth-order valence-electron chi connectivity index (χ4n) is 7.12. The van der Waals surface area contributed by atoms with Crippen molar-refractivity contribution in [3.8, 4) is 22.3 Å². The van der Waals surface area contributed by atoms with Crippen LogP contribution in [0, 0.1) is 0 Å². The van der Waals surface area contributed by atoms with Crippen LogP contribution in [0.15, 0.2) is 91.0 Å². The summed E-state index contributed by atoms with van der Waals surface area (Å²) in [6, 6.07) is 35.0. The van der Waals surface area contributed by atoms with E-state index in [1.54, 1.807) is 0 Å². The van der Waals surface area contributed by atoms with Gasteiger partial charge in [-0.15, -0.1) is 0 Å². The highest BCUT2D eigenvalue weighted by molar-refractivity contribution is 7.80. The lowest BCUT2D eigenvalue weighted by molar-refractivity contribution is 0.513. The average molecular weight is 525 g/mol. The minimum Gasteiger partial charge on any atom is -0.178 e. The van der Waals surface area contributed by atoms with E-state index < -0.39 is 0 Å². The minimum atomic E-state index is -0.0335. The first-order valence-corrected chi connectivity index (χ1v) is 15.1. The van der Waals surface area contributed by atoms with Crippen LogP contribution < -0.4 is 0 Å². The van der Waals surface area contributed by atoms with Crippen LogP contribution in [0.1, 0.15) is 63.6 Å². The van der Waals surface area contributed by atoms with Crippen LogP contribution in [0.3, 0.4) is 0 Å². The van der Waals surface area contributed by atoms with Crippen molar-refractivity contribution in [1.82, 2.24) is 0 Å². The van der Waals surface area contributed by atoms with Gasteiger partial charge in [-0.25, -0.2) is 0 Å². The normalized spacial score (nSPS) is 16.8. The molecule has 1 unspecified atom stereocenters. The van der Waals surface area contributed by atoms with Crippen LogP contribution in [0.4, 0.5) is 0 Å². The topological polar surface area (TPSA) is 0 Å². The Bertz CT molecular complexity index is 1850. The number of rotatable bonds is 5. The Labute approximate surface area is 237 Å². The molecule has 0 bridgehead atoms. The van der Waals surface area contributed by atoms with Crippen molar-refractivity contribution in [1.29, 1.82) is 0 Å². The molecule has 6 aromatic carbocycles. The fraction of sp³-hybridized carbons (Fsp3) is 0.263. The molecule has 39 heavy (non-hydrogen) atoms. The fourth-order valence-corrected chi connectivity index (χ4v) is 7.62. The summed E-state index contributed by atoms with van der Waals surface area (Å²) in [7, 11) is 0. The molecule has 1 atom stereocenters. The number of hydrogen-bond acceptors (Lipinski definition) is 1. The molecule has 0 spiro atoms. The van der Waals surface area contributed by atoms with Crippen molar-refractivity contribution in [3.05, 3.63) is 108 Å². The minimum absolute atomic E-state index is 0.0335. The second-order valence-electron chi connectivity index (χ2n) is 12.6. The molecule has 0 fully saturated rings. The van der Waals surface area contributed by atoms with Crippen LogP contribution >= 0.6 is 12.6 Å². The molecular formula is C38H36S. The van der Waals surface area contributed by atoms with Crippen LogP contribution in [-0.4, -0.2) is 5.75 Å². The number of fused-ring (bicyclic) bond motifs is 3. The molecule has 1 heteroatoms. The smallest absolute Gasteiger partial charge is 0.0303 e. The maximum Gasteiger partial charge on any atom is 0.0303 e. The van der Waals surface area contributed by atoms with Gasteiger partial charge in [0.15, 0.2) is 0 Å². The van der Waals surface area contributed by atoms with Crippen LogP contribution in [0.2, 0.25) is 0 Å². The van der Waals surface area contributed by atoms with Gasteiger partial charge in [0.2, 0.25) is 0 Å². The van der Waals surface area contributed by atoms with Crippen molar-refractivity contribution < 1.29 is 0 Å². The molecule has 194 valence electrons. The number of hydrogen-bond donors (Lipinski definition) is 1. The highest BCUT2D eigenvalue weighted by Gasteiger charge is 2.41. The van der Waals surface area contributed by atoms with E-state index in [-0.39, 0.29) is 10.8 Å². The zero-order chi connectivity index (χ0) is 26.9. The van der Waals surface area contributed by atoms with Crippen molar-refractivity contribution in [3.63, 3.8) is 0 Å². The van der Waals surface area contributed by atoms with Crippen molar-refractivity contribution in [2.24, 2.45) is 0 Å². The second kappa shape index (κ2) is 8.86. The van der Waals surface area contributed by atoms with E-state index in [1.165, 1.54) is 84.1 Å². The SMILES string of the molecule is CCCCC1(CS)c2ccccc2-c2ccc(-c3ccc4ccc5cc(C(C)(C)C)cc6ccc3c4c56)cc21. The molecule has 0 amide bonds. The molecule has 7 rings (SSSR count). The second-order valence-corrected chi connectivity index (χ2v) is 12.9. The summed E-state index contributed by atoms with van der Waals surface area (Å²) >= 11 is 5.00. The maximum atomic E-state index is 5.00. The molecule has 0 saturated heterocycles. The van der Waals surface area contributed by atoms with Gasteiger partial charge in [0, 0.05) is 11.2 Å². The quantitative estimate of drug-likeness (QED) is 0.168. The Balaban J connectivity index is 1.47. The van der Waals surface area contributed by atoms with Crippen molar-refractivity contribution in [2.75, 3.05) is 5.75 Å². The predicted octanol–water partition coefficient (Wildman–Crippen LogP) is 10.9. The Morgan fingerprint density at radius 3 is 2.08 bits per heavy atom. The third-order valence-electron chi connectivity index (χ3n) is 9.27. The standard InChI is InChI=1S/C38H36S/c1-5-6-19-38(23-39)33-10-8-7-9-30(33)31-17-14-25(22-34(31)38)29-16-13-24-11-12-26-20-28(37(2,3)4)21-27-15-18-32(29)36(24)35(26)27/h7-18,20-22,39H,5-6,19,23H2,1-4H3. The molecule has 0 aromatic heterocycles. The molecule has 0 heterocycles. The van der Waals surface area contributed by atoms with E-state index >= 15 is 0 Å². The molecule has 0 saturated carbocycles. The van der Waals surface area contributed by atoms with E-state index in [0.29, 0.717) is 0 Å². The molecule has 6 aromatic rings. The first-order chi connectivity index (χ1) is 18.9. The summed E-state index contributed by atoms with van der Waals surface area (Å²) in [5.41, 5.74) is 9.76. The van der Waals surface area contributed by atoms with Crippen LogP contribution in [0.5, 0.6) is 0 Å². The summed E-state index contributed by atoms with van der Waals surface area (Å²) in [6.07, 6.45) is 3.53. The first kappa shape index (κ1) is 24.7. The van der Waals surface area contributed by atoms with Gasteiger partial charge >= 0.3 is 0 Å². The lowest BCUT2D eigenvalue weighted by Crippen LogP contribution is -2.27. The summed E-state index contributed by atoms with van der Waals surface area (Å²) in [5, 5.41) is 8.11. The van der Waals surface area contributed by atoms with Gasteiger partial charge in [0.25, 0.3) is 0 Å². The Morgan fingerprint density at radius 1 is 0.667 bits per heavy atom. The third-order valence-corrected chi connectivity index (χ3v) is 9.81. The monoisotopic (exact) mass is 524 g/mol. The van der Waals surface area contributed by atoms with E-state index in [0.717, 1.165) is 12.2 Å². The highest BCUT2D eigenvalue weighted by atomic mass is 32.1. The van der Waals surface area contributed by atoms with Gasteiger partial charge in [-0.05, 0) is 89.2 Å². The third kappa shape index (κ3) is 3.59. The summed E-state index contributed by atoms with van der Waals surface area (Å²) in [5.74, 6) is 0.828. The van der Waals surface area contributed by atoms with Gasteiger partial charge in [0.1, 0.15) is 0 Å². The van der Waals surface area contributed by atoms with Gasteiger partial charge < -0.3 is 0 Å². The molecule has 0 nitrogen and oxygen atoms in total. The predicted molar refractivity (Wildman–Crippen MR) is 174 cm³/mol. The number of thiol groups is 1. The lowest BCUT2D eigenvalue weighted by atomic mass is 9.75. The number of unbranched alkanes of at least 4 members (excludes halogenated alkanes) is 1. The van der Waals surface area contributed by atoms with Crippen molar-refractivity contribution in [2.45, 2.75) is 57.8 Å². The van der Waals surface area contributed by atoms with Gasteiger partial charge in [-0.1, -0.05) is 125 Å². The first-order valence-electron chi connectivity index (χ1n) is 14.4. The summed E-state index contributed by atoms with van der Waals surface area (Å²) in [4.78, 5) is 0. The molecule has 0 aliphatic heterocycles. The largest absolute Gasteiger partial charge is 0.178 e. The van der Waals surface area contributed by atoms with Gasteiger partial charge in [0.05, 0.1) is 0 Å². The molecular weight excluding hydrogens is 488 g/mol. The van der Waals surface area contributed by atoms with Gasteiger partial charge in [-0.2, -0.15) is 12.6 Å². The zero-order valence-electron chi connectivity index (χ0n) is 23.4. The molecule has 1 aliphatic rings. The maximum absolute atomic E-state index is 5.00. The van der Waals surface area contributed by atoms with Crippen LogP contribution in [-0.2, 0) is 10.8 Å². The Hall–Kier alpha value is -3.29. The summed E-state index contributed by atoms with van der Waals surface area (Å²) in [6.45, 7) is 9.19. The Kier molecular flexibility index (Phi) is 5.62. The zero-order valence-corrected chi connectivity index (χ0v) is 24.3. The van der Waals surface area contributed by atoms with E-state index in [2.05, 4.69) is 119 Å².